The molecule has 0 aromatic heterocycles. The summed E-state index contributed by atoms with van der Waals surface area (Å²) in [7, 11) is 0. The van der Waals surface area contributed by atoms with E-state index in [2.05, 4.69) is 46.2 Å². The number of rotatable bonds is 17. The zero-order valence-electron chi connectivity index (χ0n) is 34.8. The highest BCUT2D eigenvalue weighted by Crippen LogP contribution is 2.22. The third kappa shape index (κ3) is 18.7. The SMILES string of the molecule is C=C(C)CO[C@@H]1[C@@H](OCC(=C)C)COC[C@H](NC(=O)OCc2ccccc2)C(=O)O[C@H]1CC.CC[C@@H]1OC(=O)[C@@H](N)COC[C@H](OCC(C)C)[C@H]1OCC(C)C. The molecule has 1 aromatic rings. The molecular weight excluding hydrogens is 724 g/mol. The van der Waals surface area contributed by atoms with Gasteiger partial charge in [-0.05, 0) is 44.1 Å². The van der Waals surface area contributed by atoms with Crippen LogP contribution in [-0.4, -0.2) is 120 Å². The number of cyclic esters (lactones) is 2. The highest BCUT2D eigenvalue weighted by molar-refractivity contribution is 5.81. The van der Waals surface area contributed by atoms with E-state index >= 15 is 0 Å². The molecule has 0 unspecified atom stereocenters. The Balaban J connectivity index is 0.000000413. The third-order valence-corrected chi connectivity index (χ3v) is 8.38. The van der Waals surface area contributed by atoms with Crippen LogP contribution in [0.3, 0.4) is 0 Å². The minimum Gasteiger partial charge on any atom is -0.458 e. The number of benzene rings is 1. The van der Waals surface area contributed by atoms with Gasteiger partial charge in [0.1, 0.15) is 49.3 Å². The molecule has 1 aromatic carbocycles. The Morgan fingerprint density at radius 3 is 1.86 bits per heavy atom. The van der Waals surface area contributed by atoms with E-state index in [9.17, 15) is 14.4 Å². The van der Waals surface area contributed by atoms with E-state index in [0.29, 0.717) is 57.7 Å². The molecule has 0 aliphatic carbocycles. The number of nitrogens with two attached hydrogens (primary N) is 1. The summed E-state index contributed by atoms with van der Waals surface area (Å²) >= 11 is 0. The number of carbonyl (C=O) groups is 3. The second-order valence-corrected chi connectivity index (χ2v) is 15.2. The first-order valence-electron chi connectivity index (χ1n) is 19.7. The lowest BCUT2D eigenvalue weighted by molar-refractivity contribution is -0.173. The van der Waals surface area contributed by atoms with Crippen molar-refractivity contribution in [1.82, 2.24) is 5.32 Å². The highest BCUT2D eigenvalue weighted by Gasteiger charge is 2.38. The largest absolute Gasteiger partial charge is 0.458 e. The average molecular weight is 793 g/mol. The number of carbonyl (C=O) groups excluding carboxylic acids is 3. The lowest BCUT2D eigenvalue weighted by atomic mass is 10.0. The lowest BCUT2D eigenvalue weighted by Crippen LogP contribution is -2.47. The molecule has 3 N–H and O–H groups in total. The summed E-state index contributed by atoms with van der Waals surface area (Å²) in [6.45, 7) is 26.1. The number of nitrogens with one attached hydrogen (secondary N) is 1. The molecule has 2 heterocycles. The molecule has 0 spiro atoms. The second-order valence-electron chi connectivity index (χ2n) is 15.2. The monoisotopic (exact) mass is 792 g/mol. The molecule has 1 amide bonds. The molecule has 2 aliphatic heterocycles. The number of hydrogen-bond acceptors (Lipinski definition) is 13. The summed E-state index contributed by atoms with van der Waals surface area (Å²) < 4.78 is 51.9. The Kier molecular flexibility index (Phi) is 23.1. The average Bonchev–Trinajstić information content (AvgIpc) is 3.25. The van der Waals surface area contributed by atoms with Crippen molar-refractivity contribution >= 4 is 18.0 Å². The van der Waals surface area contributed by atoms with Crippen LogP contribution in [0.1, 0.15) is 73.8 Å². The Hall–Kier alpha value is -3.37. The van der Waals surface area contributed by atoms with E-state index in [4.69, 9.17) is 48.4 Å². The Morgan fingerprint density at radius 1 is 0.768 bits per heavy atom. The van der Waals surface area contributed by atoms with Gasteiger partial charge in [-0.3, -0.25) is 4.79 Å². The maximum atomic E-state index is 12.9. The molecular formula is C42H68N2O12. The molecule has 0 radical (unpaired) electrons. The summed E-state index contributed by atoms with van der Waals surface area (Å²) in [6.07, 6.45) is -2.28. The van der Waals surface area contributed by atoms with Crippen LogP contribution >= 0.6 is 0 Å². The molecule has 56 heavy (non-hydrogen) atoms. The number of esters is 2. The standard InChI is InChI=1S/C25H35NO7.C17H33NO5/c1-6-21-23(31-13-18(4)5)22(30-12-17(2)3)16-29-15-20(24(27)33-21)26-25(28)32-14-19-10-8-7-9-11-19;1-6-14-16(22-8-12(4)5)15(21-7-11(2)3)10-20-9-13(18)17(19)23-14/h7-11,20-23H,2,4,6,12-16H2,1,3,5H3,(H,26,28);11-16H,6-10,18H2,1-5H3/t20-,21-,22-,23-;13-,14-,15-,16-/m00/s1. The van der Waals surface area contributed by atoms with Crippen LogP contribution in [0.2, 0.25) is 0 Å². The molecule has 318 valence electrons. The van der Waals surface area contributed by atoms with Crippen LogP contribution in [0.4, 0.5) is 4.79 Å². The van der Waals surface area contributed by atoms with Crippen LogP contribution in [0.15, 0.2) is 54.6 Å². The van der Waals surface area contributed by atoms with Gasteiger partial charge >= 0.3 is 18.0 Å². The van der Waals surface area contributed by atoms with Gasteiger partial charge in [-0.25, -0.2) is 9.59 Å². The fourth-order valence-electron chi connectivity index (χ4n) is 5.48. The number of hydrogen-bond donors (Lipinski definition) is 2. The van der Waals surface area contributed by atoms with E-state index in [1.165, 1.54) is 0 Å². The number of ether oxygens (including phenoxy) is 9. The molecule has 2 saturated heterocycles. The van der Waals surface area contributed by atoms with E-state index in [0.717, 1.165) is 16.7 Å². The maximum absolute atomic E-state index is 12.9. The van der Waals surface area contributed by atoms with Crippen LogP contribution in [0.25, 0.3) is 0 Å². The van der Waals surface area contributed by atoms with Gasteiger partial charge in [-0.15, -0.1) is 0 Å². The van der Waals surface area contributed by atoms with Gasteiger partial charge in [0.05, 0.1) is 39.6 Å². The van der Waals surface area contributed by atoms with Crippen molar-refractivity contribution in [1.29, 1.82) is 0 Å². The van der Waals surface area contributed by atoms with Gasteiger partial charge < -0.3 is 53.7 Å². The highest BCUT2D eigenvalue weighted by atomic mass is 16.6. The zero-order chi connectivity index (χ0) is 41.6. The van der Waals surface area contributed by atoms with Crippen molar-refractivity contribution in [2.75, 3.05) is 52.9 Å². The predicted octanol–water partition coefficient (Wildman–Crippen LogP) is 5.30. The molecule has 2 fully saturated rings. The van der Waals surface area contributed by atoms with Crippen LogP contribution < -0.4 is 11.1 Å². The summed E-state index contributed by atoms with van der Waals surface area (Å²) in [4.78, 5) is 37.2. The molecule has 14 heteroatoms. The summed E-state index contributed by atoms with van der Waals surface area (Å²) in [5, 5.41) is 2.54. The summed E-state index contributed by atoms with van der Waals surface area (Å²) in [5.41, 5.74) is 8.30. The number of alkyl carbamates (subject to hydrolysis) is 1. The van der Waals surface area contributed by atoms with Gasteiger partial charge in [0, 0.05) is 13.2 Å². The van der Waals surface area contributed by atoms with Crippen molar-refractivity contribution in [3.8, 4) is 0 Å². The normalized spacial score (nSPS) is 26.1. The van der Waals surface area contributed by atoms with E-state index < -0.39 is 48.4 Å². The molecule has 14 nitrogen and oxygen atoms in total. The van der Waals surface area contributed by atoms with E-state index in [1.54, 1.807) is 0 Å². The van der Waals surface area contributed by atoms with Crippen molar-refractivity contribution in [2.24, 2.45) is 17.6 Å². The molecule has 3 rings (SSSR count). The Labute approximate surface area is 334 Å². The predicted molar refractivity (Wildman–Crippen MR) is 212 cm³/mol. The molecule has 0 saturated carbocycles. The van der Waals surface area contributed by atoms with Crippen molar-refractivity contribution in [3.05, 3.63) is 60.2 Å². The summed E-state index contributed by atoms with van der Waals surface area (Å²) in [6, 6.07) is 7.47. The summed E-state index contributed by atoms with van der Waals surface area (Å²) in [5.74, 6) is -0.287. The molecule has 8 atom stereocenters. The maximum Gasteiger partial charge on any atom is 0.408 e. The third-order valence-electron chi connectivity index (χ3n) is 8.38. The van der Waals surface area contributed by atoms with Gasteiger partial charge in [0.2, 0.25) is 0 Å². The van der Waals surface area contributed by atoms with Crippen molar-refractivity contribution in [2.45, 2.75) is 124 Å². The van der Waals surface area contributed by atoms with E-state index in [1.807, 2.05) is 58.0 Å². The lowest BCUT2D eigenvalue weighted by Gasteiger charge is -2.32. The van der Waals surface area contributed by atoms with E-state index in [-0.39, 0.29) is 44.7 Å². The van der Waals surface area contributed by atoms with Crippen LogP contribution in [-0.2, 0) is 58.8 Å². The second kappa shape index (κ2) is 26.5. The van der Waals surface area contributed by atoms with Crippen molar-refractivity contribution < 1.29 is 57.0 Å². The van der Waals surface area contributed by atoms with Gasteiger partial charge in [0.25, 0.3) is 0 Å². The molecule has 2 aliphatic rings. The first-order chi connectivity index (χ1) is 26.6. The Bertz CT molecular complexity index is 1330. The fourth-order valence-corrected chi connectivity index (χ4v) is 5.48. The van der Waals surface area contributed by atoms with Gasteiger partial charge in [-0.2, -0.15) is 0 Å². The van der Waals surface area contributed by atoms with Crippen molar-refractivity contribution in [3.63, 3.8) is 0 Å². The first-order valence-corrected chi connectivity index (χ1v) is 19.7. The molecule has 0 bridgehead atoms. The van der Waals surface area contributed by atoms with Gasteiger partial charge in [-0.1, -0.05) is 96.2 Å². The Morgan fingerprint density at radius 2 is 1.29 bits per heavy atom. The number of amides is 1. The van der Waals surface area contributed by atoms with Crippen LogP contribution in [0.5, 0.6) is 0 Å². The fraction of sp³-hybridized carbons (Fsp3) is 0.690. The first kappa shape index (κ1) is 48.8. The van der Waals surface area contributed by atoms with Crippen LogP contribution in [0, 0.1) is 11.8 Å². The topological polar surface area (TPSA) is 172 Å². The minimum atomic E-state index is -1.02. The smallest absolute Gasteiger partial charge is 0.408 e. The zero-order valence-corrected chi connectivity index (χ0v) is 34.8. The van der Waals surface area contributed by atoms with Gasteiger partial charge in [0.15, 0.2) is 6.04 Å². The minimum absolute atomic E-state index is 0.0838. The quantitative estimate of drug-likeness (QED) is 0.118.